The molecule has 0 amide bonds. The van der Waals surface area contributed by atoms with E-state index in [-0.39, 0.29) is 23.6 Å². The van der Waals surface area contributed by atoms with Crippen LogP contribution < -0.4 is 0 Å². The molecule has 0 bridgehead atoms. The van der Waals surface area contributed by atoms with Crippen molar-refractivity contribution in [1.29, 1.82) is 0 Å². The highest BCUT2D eigenvalue weighted by atomic mass is 16.3. The number of aromatic hydroxyl groups is 2. The average molecular weight is 267 g/mol. The maximum absolute atomic E-state index is 10.3. The number of phenolic OH excluding ortho intramolecular Hbond substituents is 2. The van der Waals surface area contributed by atoms with Gasteiger partial charge < -0.3 is 20.4 Å². The molecule has 5 nitrogen and oxygen atoms in total. The van der Waals surface area contributed by atoms with Crippen molar-refractivity contribution in [1.82, 2.24) is 4.90 Å². The molecule has 5 heteroatoms. The van der Waals surface area contributed by atoms with Crippen molar-refractivity contribution in [3.8, 4) is 11.5 Å². The predicted molar refractivity (Wildman–Crippen MR) is 71.0 cm³/mol. The lowest BCUT2D eigenvalue weighted by atomic mass is 9.99. The van der Waals surface area contributed by atoms with E-state index in [1.165, 1.54) is 12.1 Å². The number of likely N-dealkylation sites (tertiary alicyclic amines) is 1. The average Bonchev–Trinajstić information content (AvgIpc) is 2.41. The van der Waals surface area contributed by atoms with Crippen LogP contribution in [0, 0.1) is 0 Å². The Bertz CT molecular complexity index is 429. The van der Waals surface area contributed by atoms with Gasteiger partial charge in [0, 0.05) is 19.1 Å². The van der Waals surface area contributed by atoms with Gasteiger partial charge in [-0.3, -0.25) is 4.90 Å². The van der Waals surface area contributed by atoms with Crippen LogP contribution >= 0.6 is 0 Å². The van der Waals surface area contributed by atoms with E-state index >= 15 is 0 Å². The molecule has 1 aromatic carbocycles. The number of piperidine rings is 1. The molecule has 0 spiro atoms. The lowest BCUT2D eigenvalue weighted by Crippen LogP contribution is -2.44. The Kier molecular flexibility index (Phi) is 4.29. The van der Waals surface area contributed by atoms with E-state index in [0.717, 1.165) is 25.9 Å². The third-order valence-corrected chi connectivity index (χ3v) is 3.87. The Morgan fingerprint density at radius 1 is 1.16 bits per heavy atom. The first-order valence-corrected chi connectivity index (χ1v) is 6.61. The van der Waals surface area contributed by atoms with Crippen molar-refractivity contribution >= 4 is 0 Å². The number of aliphatic hydroxyl groups is 2. The van der Waals surface area contributed by atoms with Crippen molar-refractivity contribution in [3.05, 3.63) is 23.8 Å². The molecule has 1 aliphatic heterocycles. The number of hydrogen-bond donors (Lipinski definition) is 4. The first kappa shape index (κ1) is 14.1. The highest BCUT2D eigenvalue weighted by molar-refractivity contribution is 5.41. The number of nitrogens with zero attached hydrogens (tertiary/aromatic N) is 1. The van der Waals surface area contributed by atoms with Crippen molar-refractivity contribution in [3.63, 3.8) is 0 Å². The minimum Gasteiger partial charge on any atom is -0.504 e. The zero-order valence-corrected chi connectivity index (χ0v) is 11.0. The summed E-state index contributed by atoms with van der Waals surface area (Å²) in [7, 11) is 0. The zero-order chi connectivity index (χ0) is 14.0. The molecule has 1 fully saturated rings. The summed E-state index contributed by atoms with van der Waals surface area (Å²) in [5.41, 5.74) is 0.578. The molecule has 2 atom stereocenters. The lowest BCUT2D eigenvalue weighted by Gasteiger charge is -2.36. The Balaban J connectivity index is 2.05. The molecule has 0 radical (unpaired) electrons. The molecular formula is C14H21NO4. The number of hydrogen-bond acceptors (Lipinski definition) is 5. The van der Waals surface area contributed by atoms with E-state index in [0.29, 0.717) is 5.56 Å². The van der Waals surface area contributed by atoms with Gasteiger partial charge in [-0.05, 0) is 37.5 Å². The van der Waals surface area contributed by atoms with E-state index in [1.807, 2.05) is 6.92 Å². The van der Waals surface area contributed by atoms with Gasteiger partial charge in [0.05, 0.1) is 12.2 Å². The third kappa shape index (κ3) is 3.18. The van der Waals surface area contributed by atoms with Gasteiger partial charge in [0.15, 0.2) is 11.5 Å². The smallest absolute Gasteiger partial charge is 0.157 e. The van der Waals surface area contributed by atoms with Gasteiger partial charge in [-0.25, -0.2) is 0 Å². The first-order valence-electron chi connectivity index (χ1n) is 6.61. The fourth-order valence-corrected chi connectivity index (χ4v) is 2.50. The zero-order valence-electron chi connectivity index (χ0n) is 11.0. The topological polar surface area (TPSA) is 84.2 Å². The monoisotopic (exact) mass is 267 g/mol. The molecule has 1 heterocycles. The first-order chi connectivity index (χ1) is 8.99. The standard InChI is InChI=1S/C14H21NO4/c1-9(15-6-4-11(16)5-7-15)14(19)10-2-3-12(17)13(18)8-10/h2-3,8-9,11,14,16-19H,4-7H2,1H3/t9-,14+/m1/s1. The Morgan fingerprint density at radius 3 is 2.37 bits per heavy atom. The van der Waals surface area contributed by atoms with E-state index < -0.39 is 6.10 Å². The number of benzene rings is 1. The summed E-state index contributed by atoms with van der Waals surface area (Å²) >= 11 is 0. The van der Waals surface area contributed by atoms with Gasteiger partial charge in [0.25, 0.3) is 0 Å². The van der Waals surface area contributed by atoms with Crippen LogP contribution in [-0.4, -0.2) is 50.6 Å². The highest BCUT2D eigenvalue weighted by Gasteiger charge is 2.27. The van der Waals surface area contributed by atoms with Gasteiger partial charge >= 0.3 is 0 Å². The SMILES string of the molecule is C[C@H]([C@H](O)c1ccc(O)c(O)c1)N1CCC(O)CC1. The summed E-state index contributed by atoms with van der Waals surface area (Å²) in [6, 6.07) is 4.27. The summed E-state index contributed by atoms with van der Waals surface area (Å²) in [4.78, 5) is 2.13. The summed E-state index contributed by atoms with van der Waals surface area (Å²) in [6.45, 7) is 3.43. The van der Waals surface area contributed by atoms with Crippen molar-refractivity contribution in [2.75, 3.05) is 13.1 Å². The summed E-state index contributed by atoms with van der Waals surface area (Å²) < 4.78 is 0. The van der Waals surface area contributed by atoms with Crippen LogP contribution in [0.5, 0.6) is 11.5 Å². The Labute approximate surface area is 112 Å². The maximum Gasteiger partial charge on any atom is 0.157 e. The molecule has 4 N–H and O–H groups in total. The molecular weight excluding hydrogens is 246 g/mol. The van der Waals surface area contributed by atoms with Crippen LogP contribution in [-0.2, 0) is 0 Å². The van der Waals surface area contributed by atoms with E-state index in [9.17, 15) is 20.4 Å². The summed E-state index contributed by atoms with van der Waals surface area (Å²) in [5, 5.41) is 38.5. The minimum atomic E-state index is -0.734. The summed E-state index contributed by atoms with van der Waals surface area (Å²) in [5.74, 6) is -0.414. The van der Waals surface area contributed by atoms with Crippen molar-refractivity contribution < 1.29 is 20.4 Å². The molecule has 1 aromatic rings. The molecule has 0 aliphatic carbocycles. The molecule has 1 saturated heterocycles. The number of aliphatic hydroxyl groups excluding tert-OH is 2. The van der Waals surface area contributed by atoms with Gasteiger partial charge in [-0.15, -0.1) is 0 Å². The van der Waals surface area contributed by atoms with E-state index in [1.54, 1.807) is 6.07 Å². The van der Waals surface area contributed by atoms with Crippen LogP contribution in [0.2, 0.25) is 0 Å². The van der Waals surface area contributed by atoms with Crippen molar-refractivity contribution in [2.45, 2.75) is 38.0 Å². The minimum absolute atomic E-state index is 0.101. The lowest BCUT2D eigenvalue weighted by molar-refractivity contribution is 0.0138. The Hall–Kier alpha value is -1.30. The second kappa shape index (κ2) is 5.77. The Morgan fingerprint density at radius 2 is 1.79 bits per heavy atom. The van der Waals surface area contributed by atoms with Gasteiger partial charge in [-0.1, -0.05) is 6.07 Å². The van der Waals surface area contributed by atoms with Crippen LogP contribution in [0.15, 0.2) is 18.2 Å². The van der Waals surface area contributed by atoms with E-state index in [4.69, 9.17) is 0 Å². The van der Waals surface area contributed by atoms with Gasteiger partial charge in [0.1, 0.15) is 0 Å². The van der Waals surface area contributed by atoms with Crippen molar-refractivity contribution in [2.24, 2.45) is 0 Å². The second-order valence-electron chi connectivity index (χ2n) is 5.20. The van der Waals surface area contributed by atoms with Gasteiger partial charge in [-0.2, -0.15) is 0 Å². The summed E-state index contributed by atoms with van der Waals surface area (Å²) in [6.07, 6.45) is 0.468. The normalized spacial score (nSPS) is 21.2. The molecule has 0 aromatic heterocycles. The number of phenols is 2. The van der Waals surface area contributed by atoms with E-state index in [2.05, 4.69) is 4.90 Å². The molecule has 0 unspecified atom stereocenters. The largest absolute Gasteiger partial charge is 0.504 e. The highest BCUT2D eigenvalue weighted by Crippen LogP contribution is 2.30. The molecule has 1 aliphatic rings. The number of rotatable bonds is 3. The molecule has 106 valence electrons. The fourth-order valence-electron chi connectivity index (χ4n) is 2.50. The quantitative estimate of drug-likeness (QED) is 0.613. The predicted octanol–water partition coefficient (Wildman–Crippen LogP) is 0.976. The van der Waals surface area contributed by atoms with Crippen LogP contribution in [0.3, 0.4) is 0 Å². The third-order valence-electron chi connectivity index (χ3n) is 3.87. The second-order valence-corrected chi connectivity index (χ2v) is 5.20. The fraction of sp³-hybridized carbons (Fsp3) is 0.571. The van der Waals surface area contributed by atoms with Gasteiger partial charge in [0.2, 0.25) is 0 Å². The van der Waals surface area contributed by atoms with Crippen LogP contribution in [0.25, 0.3) is 0 Å². The molecule has 2 rings (SSSR count). The molecule has 0 saturated carbocycles. The van der Waals surface area contributed by atoms with Crippen LogP contribution in [0.1, 0.15) is 31.4 Å². The van der Waals surface area contributed by atoms with Crippen LogP contribution in [0.4, 0.5) is 0 Å². The molecule has 19 heavy (non-hydrogen) atoms. The maximum atomic E-state index is 10.3.